The highest BCUT2D eigenvalue weighted by molar-refractivity contribution is 6.31. The second-order valence-electron chi connectivity index (χ2n) is 5.52. The number of nitrogens with two attached hydrogens (primary N) is 1. The van der Waals surface area contributed by atoms with Crippen LogP contribution in [0.5, 0.6) is 0 Å². The van der Waals surface area contributed by atoms with Crippen molar-refractivity contribution in [2.45, 2.75) is 38.6 Å². The lowest BCUT2D eigenvalue weighted by atomic mass is 9.83. The van der Waals surface area contributed by atoms with Crippen LogP contribution in [0.3, 0.4) is 0 Å². The number of hydrogen-bond acceptors (Lipinski definition) is 4. The van der Waals surface area contributed by atoms with Gasteiger partial charge < -0.3 is 10.6 Å². The minimum Gasteiger partial charge on any atom is -0.363 e. The van der Waals surface area contributed by atoms with Crippen molar-refractivity contribution in [3.63, 3.8) is 0 Å². The minimum atomic E-state index is -0.339. The first-order chi connectivity index (χ1) is 10.1. The minimum absolute atomic E-state index is 0.114. The van der Waals surface area contributed by atoms with Crippen molar-refractivity contribution in [1.29, 1.82) is 0 Å². The third-order valence-electron chi connectivity index (χ3n) is 4.36. The van der Waals surface area contributed by atoms with Crippen molar-refractivity contribution in [3.8, 4) is 0 Å². The van der Waals surface area contributed by atoms with Gasteiger partial charge in [0.15, 0.2) is 0 Å². The van der Waals surface area contributed by atoms with Gasteiger partial charge in [0, 0.05) is 23.7 Å². The maximum Gasteiger partial charge on any atom is 0.292 e. The van der Waals surface area contributed by atoms with Crippen LogP contribution in [0.25, 0.3) is 0 Å². The Bertz CT molecular complexity index is 510. The lowest BCUT2D eigenvalue weighted by Gasteiger charge is -2.40. The van der Waals surface area contributed by atoms with Gasteiger partial charge in [-0.1, -0.05) is 24.4 Å². The van der Waals surface area contributed by atoms with E-state index in [9.17, 15) is 10.1 Å². The topological polar surface area (TPSA) is 72.4 Å². The van der Waals surface area contributed by atoms with Gasteiger partial charge in [0.1, 0.15) is 5.69 Å². The lowest BCUT2D eigenvalue weighted by molar-refractivity contribution is -0.384. The van der Waals surface area contributed by atoms with Gasteiger partial charge in [-0.3, -0.25) is 10.1 Å². The van der Waals surface area contributed by atoms with E-state index in [4.69, 9.17) is 17.3 Å². The summed E-state index contributed by atoms with van der Waals surface area (Å²) in [6.07, 6.45) is 4.45. The molecule has 2 unspecified atom stereocenters. The van der Waals surface area contributed by atoms with Crippen LogP contribution < -0.4 is 10.6 Å². The maximum atomic E-state index is 11.3. The Hall–Kier alpha value is -1.33. The first-order valence-corrected chi connectivity index (χ1v) is 7.87. The molecule has 1 fully saturated rings. The highest BCUT2D eigenvalue weighted by Crippen LogP contribution is 2.37. The van der Waals surface area contributed by atoms with Gasteiger partial charge in [-0.25, -0.2) is 0 Å². The molecule has 0 amide bonds. The molecule has 0 aliphatic heterocycles. The summed E-state index contributed by atoms with van der Waals surface area (Å²) in [6, 6.07) is 5.01. The molecule has 21 heavy (non-hydrogen) atoms. The summed E-state index contributed by atoms with van der Waals surface area (Å²) in [5, 5.41) is 11.8. The maximum absolute atomic E-state index is 11.3. The molecule has 2 atom stereocenters. The molecule has 0 aromatic heterocycles. The van der Waals surface area contributed by atoms with E-state index in [0.29, 0.717) is 29.7 Å². The van der Waals surface area contributed by atoms with Gasteiger partial charge in [-0.15, -0.1) is 0 Å². The van der Waals surface area contributed by atoms with Gasteiger partial charge in [-0.05, 0) is 44.4 Å². The standard InChI is InChI=1S/C15H22ClN3O2/c1-2-18(13-6-4-3-5-11(13)10-17)15-9-12(16)7-8-14(15)19(20)21/h7-9,11,13H,2-6,10,17H2,1H3. The van der Waals surface area contributed by atoms with Crippen LogP contribution in [0.2, 0.25) is 5.02 Å². The summed E-state index contributed by atoms with van der Waals surface area (Å²) >= 11 is 6.06. The number of hydrogen-bond donors (Lipinski definition) is 1. The van der Waals surface area contributed by atoms with Crippen molar-refractivity contribution in [2.75, 3.05) is 18.0 Å². The molecule has 2 N–H and O–H groups in total. The van der Waals surface area contributed by atoms with Crippen molar-refractivity contribution < 1.29 is 4.92 Å². The Morgan fingerprint density at radius 1 is 1.43 bits per heavy atom. The summed E-state index contributed by atoms with van der Waals surface area (Å²) in [7, 11) is 0. The number of nitro benzene ring substituents is 1. The number of nitro groups is 1. The molecule has 1 aliphatic carbocycles. The third kappa shape index (κ3) is 3.47. The first kappa shape index (κ1) is 16.0. The number of halogens is 1. The van der Waals surface area contributed by atoms with Gasteiger partial charge in [0.2, 0.25) is 0 Å². The van der Waals surface area contributed by atoms with Crippen LogP contribution in [0.1, 0.15) is 32.6 Å². The predicted octanol–water partition coefficient (Wildman–Crippen LogP) is 3.59. The van der Waals surface area contributed by atoms with Crippen LogP contribution in [0, 0.1) is 16.0 Å². The Kier molecular flexibility index (Phi) is 5.42. The molecule has 6 heteroatoms. The molecular weight excluding hydrogens is 290 g/mol. The second-order valence-corrected chi connectivity index (χ2v) is 5.96. The zero-order valence-corrected chi connectivity index (χ0v) is 13.1. The Balaban J connectivity index is 2.40. The van der Waals surface area contributed by atoms with Gasteiger partial charge >= 0.3 is 0 Å². The van der Waals surface area contributed by atoms with E-state index in [-0.39, 0.29) is 16.7 Å². The van der Waals surface area contributed by atoms with E-state index in [1.165, 1.54) is 12.5 Å². The number of rotatable bonds is 5. The Morgan fingerprint density at radius 3 is 2.76 bits per heavy atom. The third-order valence-corrected chi connectivity index (χ3v) is 4.59. The van der Waals surface area contributed by atoms with Crippen LogP contribution in [-0.2, 0) is 0 Å². The Morgan fingerprint density at radius 2 is 2.14 bits per heavy atom. The normalized spacial score (nSPS) is 22.0. The van der Waals surface area contributed by atoms with E-state index in [1.54, 1.807) is 12.1 Å². The van der Waals surface area contributed by atoms with E-state index < -0.39 is 0 Å². The molecule has 0 heterocycles. The van der Waals surface area contributed by atoms with E-state index in [0.717, 1.165) is 19.3 Å². The van der Waals surface area contributed by atoms with E-state index >= 15 is 0 Å². The zero-order valence-electron chi connectivity index (χ0n) is 12.3. The van der Waals surface area contributed by atoms with Crippen LogP contribution in [-0.4, -0.2) is 24.1 Å². The average Bonchev–Trinajstić information content (AvgIpc) is 2.48. The molecule has 0 bridgehead atoms. The fourth-order valence-corrected chi connectivity index (χ4v) is 3.50. The van der Waals surface area contributed by atoms with Crippen LogP contribution >= 0.6 is 11.6 Å². The van der Waals surface area contributed by atoms with E-state index in [1.807, 2.05) is 6.92 Å². The number of anilines is 1. The molecule has 1 aromatic carbocycles. The highest BCUT2D eigenvalue weighted by atomic mass is 35.5. The van der Waals surface area contributed by atoms with Crippen LogP contribution in [0.15, 0.2) is 18.2 Å². The Labute approximate surface area is 130 Å². The second kappa shape index (κ2) is 7.09. The van der Waals surface area contributed by atoms with Crippen molar-refractivity contribution in [1.82, 2.24) is 0 Å². The average molecular weight is 312 g/mol. The zero-order chi connectivity index (χ0) is 15.4. The lowest BCUT2D eigenvalue weighted by Crippen LogP contribution is -2.45. The summed E-state index contributed by atoms with van der Waals surface area (Å²) < 4.78 is 0. The quantitative estimate of drug-likeness (QED) is 0.666. The molecule has 2 rings (SSSR count). The molecule has 1 saturated carbocycles. The van der Waals surface area contributed by atoms with Gasteiger partial charge in [-0.2, -0.15) is 0 Å². The summed E-state index contributed by atoms with van der Waals surface area (Å²) in [4.78, 5) is 13.1. The molecular formula is C15H22ClN3O2. The van der Waals surface area contributed by atoms with Crippen molar-refractivity contribution in [2.24, 2.45) is 11.7 Å². The molecule has 0 saturated heterocycles. The number of benzene rings is 1. The monoisotopic (exact) mass is 311 g/mol. The summed E-state index contributed by atoms with van der Waals surface area (Å²) in [6.45, 7) is 3.35. The fourth-order valence-electron chi connectivity index (χ4n) is 3.34. The van der Waals surface area contributed by atoms with Crippen molar-refractivity contribution >= 4 is 23.0 Å². The van der Waals surface area contributed by atoms with Gasteiger partial charge in [0.25, 0.3) is 5.69 Å². The molecule has 0 spiro atoms. The molecule has 0 radical (unpaired) electrons. The highest BCUT2D eigenvalue weighted by Gasteiger charge is 2.31. The SMILES string of the molecule is CCN(c1cc(Cl)ccc1[N+](=O)[O-])C1CCCCC1CN. The molecule has 5 nitrogen and oxygen atoms in total. The summed E-state index contributed by atoms with van der Waals surface area (Å²) in [5.41, 5.74) is 6.63. The predicted molar refractivity (Wildman–Crippen MR) is 85.9 cm³/mol. The van der Waals surface area contributed by atoms with E-state index in [2.05, 4.69) is 4.90 Å². The summed E-state index contributed by atoms with van der Waals surface area (Å²) in [5.74, 6) is 0.386. The first-order valence-electron chi connectivity index (χ1n) is 7.49. The number of nitrogens with zero attached hydrogens (tertiary/aromatic N) is 2. The van der Waals surface area contributed by atoms with Crippen molar-refractivity contribution in [3.05, 3.63) is 33.3 Å². The molecule has 1 aromatic rings. The largest absolute Gasteiger partial charge is 0.363 e. The molecule has 1 aliphatic rings. The molecule has 116 valence electrons. The van der Waals surface area contributed by atoms with Gasteiger partial charge in [0.05, 0.1) is 4.92 Å². The fraction of sp³-hybridized carbons (Fsp3) is 0.600. The van der Waals surface area contributed by atoms with Crippen LogP contribution in [0.4, 0.5) is 11.4 Å². The smallest absolute Gasteiger partial charge is 0.292 e.